The first-order valence-electron chi connectivity index (χ1n) is 7.94. The lowest BCUT2D eigenvalue weighted by atomic mass is 9.97. The van der Waals surface area contributed by atoms with Gasteiger partial charge in [-0.25, -0.2) is 8.42 Å². The molecule has 1 aromatic carbocycles. The number of nitrogens with one attached hydrogen (secondary N) is 1. The standard InChI is InChI=1S/C16H21ClN2O3S/c1-11-10-14(4-5-15(11)17)23(21,22)19-8-6-12(7-9-19)16(20)18-13-2-3-13/h4-5,10,12-13H,2-3,6-9H2,1H3,(H,18,20). The molecule has 0 spiro atoms. The minimum atomic E-state index is -3.52. The van der Waals surface area contributed by atoms with E-state index in [0.717, 1.165) is 18.4 Å². The van der Waals surface area contributed by atoms with E-state index in [1.165, 1.54) is 10.4 Å². The van der Waals surface area contributed by atoms with Crippen LogP contribution in [0.3, 0.4) is 0 Å². The topological polar surface area (TPSA) is 66.5 Å². The lowest BCUT2D eigenvalue weighted by Crippen LogP contribution is -2.43. The van der Waals surface area contributed by atoms with Gasteiger partial charge in [-0.2, -0.15) is 4.31 Å². The van der Waals surface area contributed by atoms with Gasteiger partial charge in [-0.05, 0) is 56.4 Å². The number of sulfonamides is 1. The highest BCUT2D eigenvalue weighted by Crippen LogP contribution is 2.27. The Labute approximate surface area is 142 Å². The van der Waals surface area contributed by atoms with Gasteiger partial charge in [0, 0.05) is 30.1 Å². The minimum Gasteiger partial charge on any atom is -0.353 e. The van der Waals surface area contributed by atoms with E-state index in [2.05, 4.69) is 5.32 Å². The molecule has 1 amide bonds. The summed E-state index contributed by atoms with van der Waals surface area (Å²) in [6.07, 6.45) is 3.28. The van der Waals surface area contributed by atoms with Gasteiger partial charge in [0.1, 0.15) is 0 Å². The van der Waals surface area contributed by atoms with Crippen LogP contribution < -0.4 is 5.32 Å². The monoisotopic (exact) mass is 356 g/mol. The first-order chi connectivity index (χ1) is 10.9. The van der Waals surface area contributed by atoms with Crippen molar-refractivity contribution in [3.8, 4) is 0 Å². The fourth-order valence-corrected chi connectivity index (χ4v) is 4.50. The van der Waals surface area contributed by atoms with Gasteiger partial charge < -0.3 is 5.32 Å². The summed E-state index contributed by atoms with van der Waals surface area (Å²) in [5.41, 5.74) is 0.742. The molecule has 23 heavy (non-hydrogen) atoms. The van der Waals surface area contributed by atoms with E-state index in [1.807, 2.05) is 0 Å². The molecule has 2 aliphatic rings. The van der Waals surface area contributed by atoms with Crippen LogP contribution in [0.5, 0.6) is 0 Å². The zero-order valence-corrected chi connectivity index (χ0v) is 14.7. The lowest BCUT2D eigenvalue weighted by molar-refractivity contribution is -0.126. The number of piperidine rings is 1. The molecule has 126 valence electrons. The van der Waals surface area contributed by atoms with Crippen molar-refractivity contribution in [2.45, 2.75) is 43.5 Å². The van der Waals surface area contributed by atoms with Crippen LogP contribution in [0.1, 0.15) is 31.2 Å². The number of nitrogens with zero attached hydrogens (tertiary/aromatic N) is 1. The van der Waals surface area contributed by atoms with Crippen molar-refractivity contribution in [1.29, 1.82) is 0 Å². The summed E-state index contributed by atoms with van der Waals surface area (Å²) in [7, 11) is -3.52. The second-order valence-electron chi connectivity index (χ2n) is 6.37. The third-order valence-corrected chi connectivity index (χ3v) is 6.83. The van der Waals surface area contributed by atoms with Crippen molar-refractivity contribution in [1.82, 2.24) is 9.62 Å². The highest BCUT2D eigenvalue weighted by Gasteiger charge is 2.34. The van der Waals surface area contributed by atoms with Gasteiger partial charge in [0.25, 0.3) is 0 Å². The van der Waals surface area contributed by atoms with Crippen molar-refractivity contribution in [3.05, 3.63) is 28.8 Å². The number of halogens is 1. The molecule has 0 radical (unpaired) electrons. The van der Waals surface area contributed by atoms with E-state index in [9.17, 15) is 13.2 Å². The highest BCUT2D eigenvalue weighted by atomic mass is 35.5. The molecule has 5 nitrogen and oxygen atoms in total. The quantitative estimate of drug-likeness (QED) is 0.900. The largest absolute Gasteiger partial charge is 0.353 e. The first-order valence-corrected chi connectivity index (χ1v) is 9.76. The molecule has 1 saturated heterocycles. The Balaban J connectivity index is 1.65. The van der Waals surface area contributed by atoms with Crippen molar-refractivity contribution in [2.24, 2.45) is 5.92 Å². The molecule has 7 heteroatoms. The normalized spacial score (nSPS) is 20.4. The van der Waals surface area contributed by atoms with E-state index >= 15 is 0 Å². The molecule has 1 N–H and O–H groups in total. The Morgan fingerprint density at radius 3 is 2.43 bits per heavy atom. The molecule has 1 aliphatic carbocycles. The number of hydrogen-bond donors (Lipinski definition) is 1. The minimum absolute atomic E-state index is 0.0750. The fraction of sp³-hybridized carbons (Fsp3) is 0.562. The molecule has 1 aliphatic heterocycles. The van der Waals surface area contributed by atoms with Crippen molar-refractivity contribution in [2.75, 3.05) is 13.1 Å². The fourth-order valence-electron chi connectivity index (χ4n) is 2.83. The third kappa shape index (κ3) is 3.70. The summed E-state index contributed by atoms with van der Waals surface area (Å²) in [5.74, 6) is 0.000823. The molecule has 1 heterocycles. The number of rotatable bonds is 4. The van der Waals surface area contributed by atoms with Crippen molar-refractivity contribution in [3.63, 3.8) is 0 Å². The Morgan fingerprint density at radius 2 is 1.87 bits per heavy atom. The van der Waals surface area contributed by atoms with Gasteiger partial charge in [0.05, 0.1) is 4.90 Å². The smallest absolute Gasteiger partial charge is 0.243 e. The van der Waals surface area contributed by atoms with Gasteiger partial charge in [-0.3, -0.25) is 4.79 Å². The van der Waals surface area contributed by atoms with Crippen LogP contribution in [0, 0.1) is 12.8 Å². The molecule has 0 atom stereocenters. The Kier molecular flexibility index (Phi) is 4.67. The average Bonchev–Trinajstić information content (AvgIpc) is 3.34. The number of benzene rings is 1. The molecule has 0 bridgehead atoms. The maximum Gasteiger partial charge on any atom is 0.243 e. The summed E-state index contributed by atoms with van der Waals surface area (Å²) < 4.78 is 26.9. The average molecular weight is 357 g/mol. The van der Waals surface area contributed by atoms with Crippen LogP contribution in [0.15, 0.2) is 23.1 Å². The molecule has 0 unspecified atom stereocenters. The second kappa shape index (κ2) is 6.42. The van der Waals surface area contributed by atoms with Crippen molar-refractivity contribution >= 4 is 27.5 Å². The molecular weight excluding hydrogens is 336 g/mol. The van der Waals surface area contributed by atoms with E-state index in [1.54, 1.807) is 19.1 Å². The summed E-state index contributed by atoms with van der Waals surface area (Å²) in [5, 5.41) is 3.56. The number of aryl methyl sites for hydroxylation is 1. The van der Waals surface area contributed by atoms with Gasteiger partial charge in [-0.15, -0.1) is 0 Å². The Bertz CT molecular complexity index is 708. The van der Waals surface area contributed by atoms with Gasteiger partial charge in [0.15, 0.2) is 0 Å². The zero-order chi connectivity index (χ0) is 16.6. The molecule has 0 aromatic heterocycles. The number of carbonyl (C=O) groups excluding carboxylic acids is 1. The van der Waals surface area contributed by atoms with E-state index in [-0.39, 0.29) is 16.7 Å². The Hall–Kier alpha value is -1.11. The third-order valence-electron chi connectivity index (χ3n) is 4.52. The summed E-state index contributed by atoms with van der Waals surface area (Å²) in [6, 6.07) is 5.10. The van der Waals surface area contributed by atoms with Crippen LogP contribution in [-0.4, -0.2) is 37.8 Å². The van der Waals surface area contributed by atoms with Crippen LogP contribution in [0.4, 0.5) is 0 Å². The van der Waals surface area contributed by atoms with E-state index in [0.29, 0.717) is 37.0 Å². The predicted octanol–water partition coefficient (Wildman–Crippen LogP) is 2.33. The first kappa shape index (κ1) is 16.7. The highest BCUT2D eigenvalue weighted by molar-refractivity contribution is 7.89. The molecular formula is C16H21ClN2O3S. The maximum atomic E-state index is 12.7. The lowest BCUT2D eigenvalue weighted by Gasteiger charge is -2.30. The molecule has 3 rings (SSSR count). The maximum absolute atomic E-state index is 12.7. The van der Waals surface area contributed by atoms with Crippen molar-refractivity contribution < 1.29 is 13.2 Å². The predicted molar refractivity (Wildman–Crippen MR) is 88.8 cm³/mol. The van der Waals surface area contributed by atoms with Crippen LogP contribution in [0.25, 0.3) is 0 Å². The van der Waals surface area contributed by atoms with Crippen LogP contribution in [-0.2, 0) is 14.8 Å². The second-order valence-corrected chi connectivity index (χ2v) is 8.72. The van der Waals surface area contributed by atoms with Gasteiger partial charge >= 0.3 is 0 Å². The van der Waals surface area contributed by atoms with Gasteiger partial charge in [-0.1, -0.05) is 11.6 Å². The van der Waals surface area contributed by atoms with Crippen LogP contribution in [0.2, 0.25) is 5.02 Å². The van der Waals surface area contributed by atoms with Crippen LogP contribution >= 0.6 is 11.6 Å². The SMILES string of the molecule is Cc1cc(S(=O)(=O)N2CCC(C(=O)NC3CC3)CC2)ccc1Cl. The zero-order valence-electron chi connectivity index (χ0n) is 13.1. The molecule has 1 aromatic rings. The number of amides is 1. The number of hydrogen-bond acceptors (Lipinski definition) is 3. The van der Waals surface area contributed by atoms with E-state index < -0.39 is 10.0 Å². The molecule has 1 saturated carbocycles. The Morgan fingerprint density at radius 1 is 1.22 bits per heavy atom. The number of carbonyl (C=O) groups is 1. The molecule has 2 fully saturated rings. The van der Waals surface area contributed by atoms with E-state index in [4.69, 9.17) is 11.6 Å². The summed E-state index contributed by atoms with van der Waals surface area (Å²) in [4.78, 5) is 12.3. The summed E-state index contributed by atoms with van der Waals surface area (Å²) >= 11 is 5.96. The summed E-state index contributed by atoms with van der Waals surface area (Å²) in [6.45, 7) is 2.55. The van der Waals surface area contributed by atoms with Gasteiger partial charge in [0.2, 0.25) is 15.9 Å².